The molecule has 3 aromatic rings. The number of phenols is 1. The van der Waals surface area contributed by atoms with E-state index in [0.29, 0.717) is 23.5 Å². The Kier molecular flexibility index (Phi) is 4.64. The van der Waals surface area contributed by atoms with Crippen LogP contribution in [0.2, 0.25) is 0 Å². The van der Waals surface area contributed by atoms with Crippen LogP contribution in [0.15, 0.2) is 53.0 Å². The van der Waals surface area contributed by atoms with Crippen LogP contribution in [0.25, 0.3) is 11.3 Å². The molecule has 29 heavy (non-hydrogen) atoms. The van der Waals surface area contributed by atoms with Gasteiger partial charge in [-0.1, -0.05) is 40.2 Å². The van der Waals surface area contributed by atoms with Gasteiger partial charge < -0.3 is 14.7 Å². The molecule has 1 amide bonds. The fourth-order valence-corrected chi connectivity index (χ4v) is 4.53. The zero-order chi connectivity index (χ0) is 20.0. The summed E-state index contributed by atoms with van der Waals surface area (Å²) in [5, 5.41) is 17.7. The number of aromatic hydroxyl groups is 1. The van der Waals surface area contributed by atoms with Crippen LogP contribution in [0, 0.1) is 0 Å². The van der Waals surface area contributed by atoms with Crippen molar-refractivity contribution in [3.8, 4) is 17.0 Å². The number of carbonyl (C=O) groups is 1. The van der Waals surface area contributed by atoms with Crippen LogP contribution in [0.3, 0.4) is 0 Å². The third kappa shape index (κ3) is 3.14. The normalized spacial score (nSPS) is 21.0. The van der Waals surface area contributed by atoms with E-state index < -0.39 is 0 Å². The van der Waals surface area contributed by atoms with Gasteiger partial charge in [0.1, 0.15) is 17.1 Å². The predicted octanol–water partition coefficient (Wildman–Crippen LogP) is 4.27. The number of carbonyl (C=O) groups excluding carboxylic acids is 1. The first-order chi connectivity index (χ1) is 14.1. The molecule has 2 aromatic carbocycles. The summed E-state index contributed by atoms with van der Waals surface area (Å²) in [6.07, 6.45) is 2.02. The molecule has 2 N–H and O–H groups in total. The van der Waals surface area contributed by atoms with Gasteiger partial charge in [-0.25, -0.2) is 0 Å². The molecule has 1 fully saturated rings. The van der Waals surface area contributed by atoms with Gasteiger partial charge in [-0.05, 0) is 42.7 Å². The summed E-state index contributed by atoms with van der Waals surface area (Å²) < 4.78 is 6.79. The number of nitrogens with zero attached hydrogens (tertiary/aromatic N) is 2. The lowest BCUT2D eigenvalue weighted by atomic mass is 9.95. The standard InChI is InChI=1S/C22H20BrN3O3/c23-14-9-7-13(8-10-14)21-18-19(16-5-1-2-6-17(16)27)24-25-20(18)22(28)26(21)12-15-4-3-11-29-15/h1-2,5-10,15,21,27H,3-4,11-12H2,(H,24,25)/t15-,21-/m1/s1. The monoisotopic (exact) mass is 453 g/mol. The molecule has 0 spiro atoms. The molecule has 2 atom stereocenters. The number of H-pyrrole nitrogens is 1. The lowest BCUT2D eigenvalue weighted by Crippen LogP contribution is -2.36. The summed E-state index contributed by atoms with van der Waals surface area (Å²) in [5.41, 5.74) is 3.50. The van der Waals surface area contributed by atoms with Crippen molar-refractivity contribution < 1.29 is 14.6 Å². The zero-order valence-corrected chi connectivity index (χ0v) is 17.2. The molecule has 0 radical (unpaired) electrons. The van der Waals surface area contributed by atoms with Crippen LogP contribution in [0.5, 0.6) is 5.75 Å². The van der Waals surface area contributed by atoms with Crippen LogP contribution >= 0.6 is 15.9 Å². The Balaban J connectivity index is 1.64. The molecule has 7 heteroatoms. The topological polar surface area (TPSA) is 78.5 Å². The number of amides is 1. The maximum atomic E-state index is 13.3. The van der Waals surface area contributed by atoms with Crippen molar-refractivity contribution in [3.05, 3.63) is 69.8 Å². The Morgan fingerprint density at radius 1 is 1.21 bits per heavy atom. The Labute approximate surface area is 176 Å². The van der Waals surface area contributed by atoms with Crippen molar-refractivity contribution in [2.45, 2.75) is 25.0 Å². The highest BCUT2D eigenvalue weighted by Gasteiger charge is 2.43. The third-order valence-corrected chi connectivity index (χ3v) is 6.16. The first-order valence-electron chi connectivity index (χ1n) is 9.68. The van der Waals surface area contributed by atoms with Crippen molar-refractivity contribution in [1.82, 2.24) is 15.1 Å². The summed E-state index contributed by atoms with van der Waals surface area (Å²) in [6, 6.07) is 14.8. The van der Waals surface area contributed by atoms with Gasteiger partial charge in [0.2, 0.25) is 0 Å². The quantitative estimate of drug-likeness (QED) is 0.618. The number of nitrogens with one attached hydrogen (secondary N) is 1. The van der Waals surface area contributed by atoms with Crippen LogP contribution in [-0.4, -0.2) is 45.4 Å². The van der Waals surface area contributed by atoms with E-state index in [9.17, 15) is 9.90 Å². The van der Waals surface area contributed by atoms with Gasteiger partial charge in [0.05, 0.1) is 12.1 Å². The number of aromatic nitrogens is 2. The van der Waals surface area contributed by atoms with Gasteiger partial charge in [0.25, 0.3) is 5.91 Å². The molecule has 6 nitrogen and oxygen atoms in total. The molecule has 0 saturated carbocycles. The molecular weight excluding hydrogens is 434 g/mol. The van der Waals surface area contributed by atoms with Crippen molar-refractivity contribution in [2.24, 2.45) is 0 Å². The highest BCUT2D eigenvalue weighted by atomic mass is 79.9. The molecule has 3 heterocycles. The van der Waals surface area contributed by atoms with Gasteiger partial charge >= 0.3 is 0 Å². The van der Waals surface area contributed by atoms with Gasteiger partial charge in [0, 0.05) is 28.8 Å². The number of aromatic amines is 1. The zero-order valence-electron chi connectivity index (χ0n) is 15.6. The van der Waals surface area contributed by atoms with E-state index in [0.717, 1.165) is 35.0 Å². The molecular formula is C22H20BrN3O3. The third-order valence-electron chi connectivity index (χ3n) is 5.63. The number of hydrogen-bond acceptors (Lipinski definition) is 4. The number of fused-ring (bicyclic) bond motifs is 1. The summed E-state index contributed by atoms with van der Waals surface area (Å²) >= 11 is 3.48. The molecule has 148 valence electrons. The second kappa shape index (κ2) is 7.31. The van der Waals surface area contributed by atoms with E-state index in [2.05, 4.69) is 26.1 Å². The second-order valence-electron chi connectivity index (χ2n) is 7.42. The summed E-state index contributed by atoms with van der Waals surface area (Å²) in [6.45, 7) is 1.27. The Morgan fingerprint density at radius 3 is 2.72 bits per heavy atom. The maximum Gasteiger partial charge on any atom is 0.273 e. The van der Waals surface area contributed by atoms with Crippen molar-refractivity contribution in [3.63, 3.8) is 0 Å². The van der Waals surface area contributed by atoms with Gasteiger partial charge in [-0.15, -0.1) is 0 Å². The molecule has 1 saturated heterocycles. The van der Waals surface area contributed by atoms with E-state index in [4.69, 9.17) is 4.74 Å². The van der Waals surface area contributed by atoms with Crippen LogP contribution in [-0.2, 0) is 4.74 Å². The molecule has 0 aliphatic carbocycles. The van der Waals surface area contributed by atoms with Crippen molar-refractivity contribution in [1.29, 1.82) is 0 Å². The van der Waals surface area contributed by atoms with Gasteiger partial charge in [-0.3, -0.25) is 9.89 Å². The van der Waals surface area contributed by atoms with Gasteiger partial charge in [-0.2, -0.15) is 5.10 Å². The number of benzene rings is 2. The fraction of sp³-hybridized carbons (Fsp3) is 0.273. The molecule has 2 aliphatic rings. The minimum absolute atomic E-state index is 0.0439. The van der Waals surface area contributed by atoms with E-state index >= 15 is 0 Å². The second-order valence-corrected chi connectivity index (χ2v) is 8.34. The number of hydrogen-bond donors (Lipinski definition) is 2. The average molecular weight is 454 g/mol. The first kappa shape index (κ1) is 18.4. The minimum atomic E-state index is -0.289. The first-order valence-corrected chi connectivity index (χ1v) is 10.5. The molecule has 5 rings (SSSR count). The largest absolute Gasteiger partial charge is 0.507 e. The lowest BCUT2D eigenvalue weighted by molar-refractivity contribution is 0.0495. The Bertz CT molecular complexity index is 1060. The predicted molar refractivity (Wildman–Crippen MR) is 112 cm³/mol. The maximum absolute atomic E-state index is 13.3. The summed E-state index contributed by atoms with van der Waals surface area (Å²) in [4.78, 5) is 15.2. The van der Waals surface area contributed by atoms with Gasteiger partial charge in [0.15, 0.2) is 0 Å². The fourth-order valence-electron chi connectivity index (χ4n) is 4.26. The Morgan fingerprint density at radius 2 is 2.00 bits per heavy atom. The molecule has 1 aromatic heterocycles. The number of phenolic OH excluding ortho intramolecular Hbond substituents is 1. The molecule has 0 unspecified atom stereocenters. The summed E-state index contributed by atoms with van der Waals surface area (Å²) in [5.74, 6) is 0.0546. The molecule has 2 aliphatic heterocycles. The van der Waals surface area contributed by atoms with Crippen LogP contribution in [0.4, 0.5) is 0 Å². The number of ether oxygens (including phenoxy) is 1. The van der Waals surface area contributed by atoms with E-state index in [-0.39, 0.29) is 23.8 Å². The summed E-state index contributed by atoms with van der Waals surface area (Å²) in [7, 11) is 0. The number of para-hydroxylation sites is 1. The Hall–Kier alpha value is -2.64. The SMILES string of the molecule is O=C1c2[nH]nc(-c3ccccc3O)c2[C@@H](c2ccc(Br)cc2)N1C[C@H]1CCCO1. The minimum Gasteiger partial charge on any atom is -0.507 e. The highest BCUT2D eigenvalue weighted by molar-refractivity contribution is 9.10. The number of halogens is 1. The smallest absolute Gasteiger partial charge is 0.273 e. The lowest BCUT2D eigenvalue weighted by Gasteiger charge is -2.28. The van der Waals surface area contributed by atoms with E-state index in [1.165, 1.54) is 0 Å². The average Bonchev–Trinajstić information content (AvgIpc) is 3.44. The number of rotatable bonds is 4. The van der Waals surface area contributed by atoms with Crippen molar-refractivity contribution >= 4 is 21.8 Å². The highest BCUT2D eigenvalue weighted by Crippen LogP contribution is 2.44. The van der Waals surface area contributed by atoms with E-state index in [1.807, 2.05) is 41.3 Å². The van der Waals surface area contributed by atoms with Crippen molar-refractivity contribution in [2.75, 3.05) is 13.2 Å². The van der Waals surface area contributed by atoms with E-state index in [1.54, 1.807) is 12.1 Å². The van der Waals surface area contributed by atoms with Crippen LogP contribution in [0.1, 0.15) is 40.5 Å². The van der Waals surface area contributed by atoms with Crippen LogP contribution < -0.4 is 0 Å². The molecule has 0 bridgehead atoms.